The topological polar surface area (TPSA) is 64.4 Å². The zero-order valence-corrected chi connectivity index (χ0v) is 15.2. The highest BCUT2D eigenvalue weighted by atomic mass is 16.6. The summed E-state index contributed by atoms with van der Waals surface area (Å²) in [6, 6.07) is 9.66. The SMILES string of the molecule is COc1cccc([C@@H]2Nc3c([N+](=O)[O-])cc(C)c(C)c3[C@@H]3C=CC[C@H]32)c1. The minimum atomic E-state index is -0.278. The lowest BCUT2D eigenvalue weighted by Gasteiger charge is -2.38. The summed E-state index contributed by atoms with van der Waals surface area (Å²) < 4.78 is 5.37. The molecule has 2 aromatic carbocycles. The van der Waals surface area contributed by atoms with Gasteiger partial charge in [0.05, 0.1) is 18.1 Å². The number of anilines is 1. The summed E-state index contributed by atoms with van der Waals surface area (Å²) in [7, 11) is 1.65. The van der Waals surface area contributed by atoms with Gasteiger partial charge >= 0.3 is 0 Å². The van der Waals surface area contributed by atoms with Crippen LogP contribution in [0.1, 0.15) is 40.6 Å². The average molecular weight is 350 g/mol. The van der Waals surface area contributed by atoms with Gasteiger partial charge in [-0.15, -0.1) is 0 Å². The van der Waals surface area contributed by atoms with Crippen molar-refractivity contribution in [2.75, 3.05) is 12.4 Å². The van der Waals surface area contributed by atoms with Gasteiger partial charge in [-0.2, -0.15) is 0 Å². The van der Waals surface area contributed by atoms with Gasteiger partial charge in [-0.05, 0) is 60.6 Å². The number of fused-ring (bicyclic) bond motifs is 3. The fraction of sp³-hybridized carbons (Fsp3) is 0.333. The van der Waals surface area contributed by atoms with E-state index in [0.717, 1.165) is 34.4 Å². The van der Waals surface area contributed by atoms with E-state index < -0.39 is 0 Å². The Bertz CT molecular complexity index is 920. The first-order valence-corrected chi connectivity index (χ1v) is 8.87. The zero-order valence-electron chi connectivity index (χ0n) is 15.2. The molecule has 1 aliphatic carbocycles. The van der Waals surface area contributed by atoms with Crippen molar-refractivity contribution in [2.24, 2.45) is 5.92 Å². The lowest BCUT2D eigenvalue weighted by Crippen LogP contribution is -2.30. The van der Waals surface area contributed by atoms with Gasteiger partial charge in [-0.3, -0.25) is 10.1 Å². The number of aryl methyl sites for hydroxylation is 1. The number of methoxy groups -OCH3 is 1. The number of nitrogens with one attached hydrogen (secondary N) is 1. The second kappa shape index (κ2) is 6.16. The van der Waals surface area contributed by atoms with Crippen LogP contribution in [-0.4, -0.2) is 12.0 Å². The molecule has 0 fully saturated rings. The molecule has 1 N–H and O–H groups in total. The minimum Gasteiger partial charge on any atom is -0.497 e. The molecule has 0 saturated carbocycles. The van der Waals surface area contributed by atoms with E-state index in [-0.39, 0.29) is 22.6 Å². The molecule has 4 rings (SSSR count). The summed E-state index contributed by atoms with van der Waals surface area (Å²) in [4.78, 5) is 11.4. The summed E-state index contributed by atoms with van der Waals surface area (Å²) >= 11 is 0. The molecule has 0 radical (unpaired) electrons. The van der Waals surface area contributed by atoms with Gasteiger partial charge in [0.25, 0.3) is 5.69 Å². The number of nitrogens with zero attached hydrogens (tertiary/aromatic N) is 1. The fourth-order valence-corrected chi connectivity index (χ4v) is 4.39. The summed E-state index contributed by atoms with van der Waals surface area (Å²) in [6.45, 7) is 4.01. The van der Waals surface area contributed by atoms with Crippen molar-refractivity contribution in [1.29, 1.82) is 0 Å². The predicted octanol–water partition coefficient (Wildman–Crippen LogP) is 5.05. The maximum absolute atomic E-state index is 11.7. The third-order valence-electron chi connectivity index (χ3n) is 5.80. The molecule has 1 heterocycles. The first-order chi connectivity index (χ1) is 12.5. The number of nitro groups is 1. The zero-order chi connectivity index (χ0) is 18.4. The summed E-state index contributed by atoms with van der Waals surface area (Å²) in [5, 5.41) is 15.2. The number of rotatable bonds is 3. The van der Waals surface area contributed by atoms with Gasteiger partial charge in [0.15, 0.2) is 0 Å². The van der Waals surface area contributed by atoms with Crippen LogP contribution in [0.25, 0.3) is 0 Å². The van der Waals surface area contributed by atoms with E-state index in [1.54, 1.807) is 13.2 Å². The van der Waals surface area contributed by atoms with Crippen molar-refractivity contribution >= 4 is 11.4 Å². The van der Waals surface area contributed by atoms with E-state index in [0.29, 0.717) is 11.6 Å². The number of hydrogen-bond acceptors (Lipinski definition) is 4. The first-order valence-electron chi connectivity index (χ1n) is 8.87. The van der Waals surface area contributed by atoms with Gasteiger partial charge in [0, 0.05) is 12.0 Å². The molecular formula is C21H22N2O3. The molecule has 26 heavy (non-hydrogen) atoms. The van der Waals surface area contributed by atoms with Gasteiger partial charge < -0.3 is 10.1 Å². The van der Waals surface area contributed by atoms with E-state index in [1.807, 2.05) is 25.1 Å². The molecular weight excluding hydrogens is 328 g/mol. The van der Waals surface area contributed by atoms with E-state index in [2.05, 4.69) is 30.5 Å². The maximum Gasteiger partial charge on any atom is 0.292 e. The van der Waals surface area contributed by atoms with Gasteiger partial charge in [0.2, 0.25) is 0 Å². The number of ether oxygens (including phenoxy) is 1. The van der Waals surface area contributed by atoms with Gasteiger partial charge in [-0.25, -0.2) is 0 Å². The maximum atomic E-state index is 11.7. The Balaban J connectivity index is 1.89. The molecule has 0 bridgehead atoms. The van der Waals surface area contributed by atoms with Crippen molar-refractivity contribution in [3.05, 3.63) is 74.9 Å². The average Bonchev–Trinajstić information content (AvgIpc) is 3.13. The molecule has 1 aliphatic heterocycles. The standard InChI is InChI=1S/C21H22N2O3/c1-12-10-18(23(24)25)21-19(13(12)2)16-8-5-9-17(16)20(22-21)14-6-4-7-15(11-14)26-3/h4-8,10-11,16-17,20,22H,9H2,1-3H3/t16-,17-,20+/m1/s1. The second-order valence-electron chi connectivity index (χ2n) is 7.14. The summed E-state index contributed by atoms with van der Waals surface area (Å²) in [5.41, 5.74) is 5.11. The molecule has 0 aromatic heterocycles. The molecule has 5 nitrogen and oxygen atoms in total. The number of hydrogen-bond donors (Lipinski definition) is 1. The lowest BCUT2D eigenvalue weighted by molar-refractivity contribution is -0.384. The molecule has 0 unspecified atom stereocenters. The Morgan fingerprint density at radius 3 is 2.81 bits per heavy atom. The minimum absolute atomic E-state index is 0.0124. The molecule has 5 heteroatoms. The first kappa shape index (κ1) is 16.6. The van der Waals surface area contributed by atoms with Crippen LogP contribution in [0.2, 0.25) is 0 Å². The molecule has 2 aromatic rings. The molecule has 0 amide bonds. The van der Waals surface area contributed by atoms with Crippen LogP contribution in [0, 0.1) is 29.9 Å². The van der Waals surface area contributed by atoms with Crippen molar-refractivity contribution < 1.29 is 9.66 Å². The summed E-state index contributed by atoms with van der Waals surface area (Å²) in [5.74, 6) is 1.34. The highest BCUT2D eigenvalue weighted by molar-refractivity contribution is 5.74. The van der Waals surface area contributed by atoms with Crippen LogP contribution in [0.4, 0.5) is 11.4 Å². The van der Waals surface area contributed by atoms with Crippen LogP contribution in [0.3, 0.4) is 0 Å². The van der Waals surface area contributed by atoms with Crippen LogP contribution >= 0.6 is 0 Å². The van der Waals surface area contributed by atoms with E-state index in [1.165, 1.54) is 0 Å². The van der Waals surface area contributed by atoms with Crippen LogP contribution < -0.4 is 10.1 Å². The Kier molecular flexibility index (Phi) is 3.94. The van der Waals surface area contributed by atoms with Crippen molar-refractivity contribution in [2.45, 2.75) is 32.2 Å². The highest BCUT2D eigenvalue weighted by Gasteiger charge is 2.41. The summed E-state index contributed by atoms with van der Waals surface area (Å²) in [6.07, 6.45) is 5.38. The van der Waals surface area contributed by atoms with Crippen LogP contribution in [0.15, 0.2) is 42.5 Å². The monoisotopic (exact) mass is 350 g/mol. The smallest absolute Gasteiger partial charge is 0.292 e. The highest BCUT2D eigenvalue weighted by Crippen LogP contribution is 2.53. The Hall–Kier alpha value is -2.82. The van der Waals surface area contributed by atoms with Crippen LogP contribution in [-0.2, 0) is 0 Å². The number of nitro benzene ring substituents is 1. The normalized spacial score (nSPS) is 23.1. The van der Waals surface area contributed by atoms with Gasteiger partial charge in [-0.1, -0.05) is 24.3 Å². The third-order valence-corrected chi connectivity index (χ3v) is 5.80. The van der Waals surface area contributed by atoms with E-state index in [9.17, 15) is 10.1 Å². The third kappa shape index (κ3) is 2.46. The molecule has 0 spiro atoms. The second-order valence-corrected chi connectivity index (χ2v) is 7.14. The molecule has 3 atom stereocenters. The lowest BCUT2D eigenvalue weighted by atomic mass is 9.74. The Morgan fingerprint density at radius 2 is 2.08 bits per heavy atom. The van der Waals surface area contributed by atoms with Crippen molar-refractivity contribution in [3.63, 3.8) is 0 Å². The Labute approximate surface area is 152 Å². The Morgan fingerprint density at radius 1 is 1.27 bits per heavy atom. The van der Waals surface area contributed by atoms with Crippen molar-refractivity contribution in [3.8, 4) is 5.75 Å². The predicted molar refractivity (Wildman–Crippen MR) is 102 cm³/mol. The quantitative estimate of drug-likeness (QED) is 0.478. The number of allylic oxidation sites excluding steroid dienone is 2. The largest absolute Gasteiger partial charge is 0.497 e. The van der Waals surface area contributed by atoms with E-state index in [4.69, 9.17) is 4.74 Å². The number of benzene rings is 2. The van der Waals surface area contributed by atoms with Gasteiger partial charge in [0.1, 0.15) is 11.4 Å². The fourth-order valence-electron chi connectivity index (χ4n) is 4.39. The molecule has 134 valence electrons. The molecule has 0 saturated heterocycles. The molecule has 2 aliphatic rings. The van der Waals surface area contributed by atoms with Crippen LogP contribution in [0.5, 0.6) is 5.75 Å². The van der Waals surface area contributed by atoms with Crippen molar-refractivity contribution in [1.82, 2.24) is 0 Å². The van der Waals surface area contributed by atoms with E-state index >= 15 is 0 Å².